The molecule has 0 aliphatic carbocycles. The van der Waals surface area contributed by atoms with Crippen LogP contribution < -0.4 is 10.1 Å². The number of anilines is 1. The topological polar surface area (TPSA) is 71.3 Å². The second-order valence-electron chi connectivity index (χ2n) is 5.91. The van der Waals surface area contributed by atoms with E-state index in [2.05, 4.69) is 18.3 Å². The van der Waals surface area contributed by atoms with E-state index in [4.69, 9.17) is 9.47 Å². The zero-order valence-corrected chi connectivity index (χ0v) is 15.1. The number of nitrogens with one attached hydrogen (secondary N) is 1. The van der Waals surface area contributed by atoms with Gasteiger partial charge in [0, 0.05) is 6.61 Å². The van der Waals surface area contributed by atoms with Gasteiger partial charge in [-0.15, -0.1) is 0 Å². The van der Waals surface area contributed by atoms with E-state index in [1.165, 1.54) is 0 Å². The standard InChI is InChI=1S/C19H28N2O3/c1-5-8-12-23-16-9-10-17(15(13-16)14-20)21-18(22)19(4,7-3)24-11-6-2/h9-10,13H,5-8,11-12H2,1-4H3,(H,21,22). The van der Waals surface area contributed by atoms with E-state index in [-0.39, 0.29) is 5.91 Å². The fourth-order valence-electron chi connectivity index (χ4n) is 2.06. The molecule has 0 bridgehead atoms. The highest BCUT2D eigenvalue weighted by Crippen LogP contribution is 2.24. The van der Waals surface area contributed by atoms with Crippen LogP contribution in [0.25, 0.3) is 0 Å². The predicted octanol–water partition coefficient (Wildman–Crippen LogP) is 4.27. The Bertz CT molecular complexity index is 580. The van der Waals surface area contributed by atoms with Gasteiger partial charge >= 0.3 is 0 Å². The minimum Gasteiger partial charge on any atom is -0.494 e. The van der Waals surface area contributed by atoms with Crippen LogP contribution >= 0.6 is 0 Å². The minimum atomic E-state index is -0.904. The lowest BCUT2D eigenvalue weighted by Gasteiger charge is -2.27. The normalized spacial score (nSPS) is 13.0. The summed E-state index contributed by atoms with van der Waals surface area (Å²) in [6.45, 7) is 8.91. The van der Waals surface area contributed by atoms with Crippen LogP contribution in [0.1, 0.15) is 58.9 Å². The first kappa shape index (κ1) is 20.0. The van der Waals surface area contributed by atoms with Gasteiger partial charge in [-0.25, -0.2) is 0 Å². The number of carbonyl (C=O) groups is 1. The lowest BCUT2D eigenvalue weighted by atomic mass is 10.0. The summed E-state index contributed by atoms with van der Waals surface area (Å²) in [6.07, 6.45) is 3.41. The van der Waals surface area contributed by atoms with E-state index in [0.717, 1.165) is 19.3 Å². The molecule has 5 heteroatoms. The van der Waals surface area contributed by atoms with Gasteiger partial charge in [-0.3, -0.25) is 4.79 Å². The summed E-state index contributed by atoms with van der Waals surface area (Å²) in [5.41, 5.74) is -0.0460. The fraction of sp³-hybridized carbons (Fsp3) is 0.579. The van der Waals surface area contributed by atoms with E-state index in [1.54, 1.807) is 25.1 Å². The first-order valence-corrected chi connectivity index (χ1v) is 8.63. The molecule has 1 amide bonds. The summed E-state index contributed by atoms with van der Waals surface area (Å²) < 4.78 is 11.3. The third-order valence-corrected chi connectivity index (χ3v) is 3.91. The number of nitrogens with zero attached hydrogens (tertiary/aromatic N) is 1. The maximum absolute atomic E-state index is 12.6. The molecule has 0 aromatic heterocycles. The van der Waals surface area contributed by atoms with Crippen molar-refractivity contribution in [2.45, 2.75) is 59.0 Å². The van der Waals surface area contributed by atoms with Gasteiger partial charge in [-0.1, -0.05) is 27.2 Å². The molecule has 0 aliphatic heterocycles. The van der Waals surface area contributed by atoms with Crippen LogP contribution in [-0.4, -0.2) is 24.7 Å². The molecule has 0 aliphatic rings. The summed E-state index contributed by atoms with van der Waals surface area (Å²) in [7, 11) is 0. The molecule has 0 saturated heterocycles. The molecule has 0 saturated carbocycles. The van der Waals surface area contributed by atoms with Crippen LogP contribution in [0.5, 0.6) is 5.75 Å². The van der Waals surface area contributed by atoms with Crippen molar-refractivity contribution in [3.8, 4) is 11.8 Å². The largest absolute Gasteiger partial charge is 0.494 e. The van der Waals surface area contributed by atoms with Crippen molar-refractivity contribution in [3.63, 3.8) is 0 Å². The zero-order valence-electron chi connectivity index (χ0n) is 15.1. The highest BCUT2D eigenvalue weighted by Gasteiger charge is 2.32. The van der Waals surface area contributed by atoms with E-state index in [9.17, 15) is 10.1 Å². The number of nitriles is 1. The molecule has 1 rings (SSSR count). The summed E-state index contributed by atoms with van der Waals surface area (Å²) in [6, 6.07) is 7.23. The maximum atomic E-state index is 12.6. The van der Waals surface area contributed by atoms with Crippen molar-refractivity contribution in [1.82, 2.24) is 0 Å². The molecule has 1 unspecified atom stereocenters. The second kappa shape index (κ2) is 9.94. The average molecular weight is 332 g/mol. The monoisotopic (exact) mass is 332 g/mol. The maximum Gasteiger partial charge on any atom is 0.256 e. The van der Waals surface area contributed by atoms with Crippen LogP contribution in [0, 0.1) is 11.3 Å². The summed E-state index contributed by atoms with van der Waals surface area (Å²) >= 11 is 0. The smallest absolute Gasteiger partial charge is 0.256 e. The van der Waals surface area contributed by atoms with Crippen molar-refractivity contribution in [2.24, 2.45) is 0 Å². The SMILES string of the molecule is CCCCOc1ccc(NC(=O)C(C)(CC)OCCC)c(C#N)c1. The Hall–Kier alpha value is -2.06. The molecule has 132 valence electrons. The van der Waals surface area contributed by atoms with E-state index in [1.807, 2.05) is 13.8 Å². The van der Waals surface area contributed by atoms with Crippen LogP contribution in [0.4, 0.5) is 5.69 Å². The molecular weight excluding hydrogens is 304 g/mol. The molecule has 0 fully saturated rings. The molecule has 0 radical (unpaired) electrons. The Morgan fingerprint density at radius 2 is 2.00 bits per heavy atom. The Morgan fingerprint density at radius 1 is 1.25 bits per heavy atom. The van der Waals surface area contributed by atoms with Crippen LogP contribution in [0.2, 0.25) is 0 Å². The highest BCUT2D eigenvalue weighted by molar-refractivity contribution is 5.98. The first-order valence-electron chi connectivity index (χ1n) is 8.63. The van der Waals surface area contributed by atoms with Gasteiger partial charge < -0.3 is 14.8 Å². The lowest BCUT2D eigenvalue weighted by molar-refractivity contribution is -0.139. The Morgan fingerprint density at radius 3 is 2.58 bits per heavy atom. The molecule has 5 nitrogen and oxygen atoms in total. The highest BCUT2D eigenvalue weighted by atomic mass is 16.5. The van der Waals surface area contributed by atoms with Crippen LogP contribution in [0.15, 0.2) is 18.2 Å². The summed E-state index contributed by atoms with van der Waals surface area (Å²) in [5, 5.41) is 12.2. The van der Waals surface area contributed by atoms with Crippen LogP contribution in [-0.2, 0) is 9.53 Å². The molecule has 1 aromatic carbocycles. The van der Waals surface area contributed by atoms with E-state index in [0.29, 0.717) is 36.6 Å². The Kier molecular flexibility index (Phi) is 8.28. The number of carbonyl (C=O) groups excluding carboxylic acids is 1. The van der Waals surface area contributed by atoms with Crippen molar-refractivity contribution in [1.29, 1.82) is 5.26 Å². The molecule has 1 N–H and O–H groups in total. The van der Waals surface area contributed by atoms with Crippen molar-refractivity contribution >= 4 is 11.6 Å². The quantitative estimate of drug-likeness (QED) is 0.649. The lowest BCUT2D eigenvalue weighted by Crippen LogP contribution is -2.42. The zero-order chi connectivity index (χ0) is 18.0. The van der Waals surface area contributed by atoms with Crippen molar-refractivity contribution in [3.05, 3.63) is 23.8 Å². The van der Waals surface area contributed by atoms with Gasteiger partial charge in [0.1, 0.15) is 17.4 Å². The third-order valence-electron chi connectivity index (χ3n) is 3.91. The number of hydrogen-bond donors (Lipinski definition) is 1. The second-order valence-corrected chi connectivity index (χ2v) is 5.91. The van der Waals surface area contributed by atoms with Gasteiger partial charge in [0.2, 0.25) is 0 Å². The minimum absolute atomic E-state index is 0.241. The summed E-state index contributed by atoms with van der Waals surface area (Å²) in [5.74, 6) is 0.396. The number of amides is 1. The third kappa shape index (κ3) is 5.54. The van der Waals surface area contributed by atoms with Crippen molar-refractivity contribution < 1.29 is 14.3 Å². The van der Waals surface area contributed by atoms with Gasteiger partial charge in [0.05, 0.1) is 17.9 Å². The number of unbranched alkanes of at least 4 members (excludes halogenated alkanes) is 1. The van der Waals surface area contributed by atoms with Gasteiger partial charge in [-0.05, 0) is 44.4 Å². The molecule has 24 heavy (non-hydrogen) atoms. The van der Waals surface area contributed by atoms with Gasteiger partial charge in [0.25, 0.3) is 5.91 Å². The molecule has 1 atom stereocenters. The first-order chi connectivity index (χ1) is 11.5. The van der Waals surface area contributed by atoms with Gasteiger partial charge in [-0.2, -0.15) is 5.26 Å². The van der Waals surface area contributed by atoms with E-state index < -0.39 is 5.60 Å². The molecular formula is C19H28N2O3. The van der Waals surface area contributed by atoms with E-state index >= 15 is 0 Å². The summed E-state index contributed by atoms with van der Waals surface area (Å²) in [4.78, 5) is 12.6. The number of benzene rings is 1. The fourth-order valence-corrected chi connectivity index (χ4v) is 2.06. The molecule has 0 spiro atoms. The Balaban J connectivity index is 2.86. The number of rotatable bonds is 10. The molecule has 0 heterocycles. The Labute approximate surface area is 145 Å². The van der Waals surface area contributed by atoms with Gasteiger partial charge in [0.15, 0.2) is 0 Å². The average Bonchev–Trinajstić information content (AvgIpc) is 2.60. The number of ether oxygens (including phenoxy) is 2. The number of hydrogen-bond acceptors (Lipinski definition) is 4. The molecule has 1 aromatic rings. The van der Waals surface area contributed by atoms with Crippen molar-refractivity contribution in [2.75, 3.05) is 18.5 Å². The predicted molar refractivity (Wildman–Crippen MR) is 95.1 cm³/mol. The van der Waals surface area contributed by atoms with Crippen LogP contribution in [0.3, 0.4) is 0 Å².